The Hall–Kier alpha value is -0.310. The summed E-state index contributed by atoms with van der Waals surface area (Å²) in [5.41, 5.74) is 0.903. The lowest BCUT2D eigenvalue weighted by atomic mass is 10.2. The molecule has 0 aliphatic rings. The van der Waals surface area contributed by atoms with E-state index in [-0.39, 0.29) is 17.9 Å². The van der Waals surface area contributed by atoms with E-state index in [1.807, 2.05) is 0 Å². The standard InChI is InChI=1S/C11H7Br3N2O2S/c1-5-9(13)11(18)16(4-15-5)3-7(17)6-2-8(12)19-10(6)14/h2,4H,3H2,1H3. The summed E-state index contributed by atoms with van der Waals surface area (Å²) in [6.07, 6.45) is 1.38. The summed E-state index contributed by atoms with van der Waals surface area (Å²) in [4.78, 5) is 28.2. The van der Waals surface area contributed by atoms with Crippen LogP contribution in [-0.4, -0.2) is 15.3 Å². The lowest BCUT2D eigenvalue weighted by molar-refractivity contribution is 0.0970. The molecular weight excluding hydrogens is 464 g/mol. The number of ketones is 1. The molecule has 0 amide bonds. The molecule has 19 heavy (non-hydrogen) atoms. The van der Waals surface area contributed by atoms with Gasteiger partial charge in [0.1, 0.15) is 4.47 Å². The number of thiophene rings is 1. The highest BCUT2D eigenvalue weighted by Crippen LogP contribution is 2.32. The van der Waals surface area contributed by atoms with Gasteiger partial charge in [-0.1, -0.05) is 0 Å². The number of nitrogens with zero attached hydrogens (tertiary/aromatic N) is 2. The highest BCUT2D eigenvalue weighted by atomic mass is 79.9. The molecule has 100 valence electrons. The molecule has 2 heterocycles. The molecule has 0 unspecified atom stereocenters. The summed E-state index contributed by atoms with van der Waals surface area (Å²) in [6.45, 7) is 1.69. The highest BCUT2D eigenvalue weighted by molar-refractivity contribution is 9.12. The van der Waals surface area contributed by atoms with Crippen LogP contribution in [0.25, 0.3) is 0 Å². The number of aryl methyl sites for hydroxylation is 1. The van der Waals surface area contributed by atoms with Crippen molar-refractivity contribution in [2.45, 2.75) is 13.5 Å². The van der Waals surface area contributed by atoms with Gasteiger partial charge in [0.25, 0.3) is 5.56 Å². The third kappa shape index (κ3) is 3.24. The van der Waals surface area contributed by atoms with Crippen molar-refractivity contribution < 1.29 is 4.79 Å². The Kier molecular flexibility index (Phi) is 4.75. The molecular formula is C11H7Br3N2O2S. The van der Waals surface area contributed by atoms with Gasteiger partial charge in [-0.15, -0.1) is 11.3 Å². The van der Waals surface area contributed by atoms with Crippen LogP contribution in [0.4, 0.5) is 0 Å². The monoisotopic (exact) mass is 468 g/mol. The van der Waals surface area contributed by atoms with Crippen LogP contribution in [0.5, 0.6) is 0 Å². The summed E-state index contributed by atoms with van der Waals surface area (Å²) in [6, 6.07) is 1.73. The molecule has 0 radical (unpaired) electrons. The van der Waals surface area contributed by atoms with Crippen LogP contribution in [-0.2, 0) is 6.54 Å². The fourth-order valence-electron chi connectivity index (χ4n) is 1.43. The van der Waals surface area contributed by atoms with Crippen molar-refractivity contribution in [1.29, 1.82) is 0 Å². The molecule has 0 N–H and O–H groups in total. The van der Waals surface area contributed by atoms with Crippen molar-refractivity contribution in [2.75, 3.05) is 0 Å². The zero-order valence-corrected chi connectivity index (χ0v) is 15.2. The van der Waals surface area contributed by atoms with Crippen molar-refractivity contribution in [3.05, 3.63) is 46.1 Å². The van der Waals surface area contributed by atoms with E-state index >= 15 is 0 Å². The van der Waals surface area contributed by atoms with Crippen LogP contribution in [0.1, 0.15) is 16.1 Å². The van der Waals surface area contributed by atoms with Crippen LogP contribution < -0.4 is 5.56 Å². The topological polar surface area (TPSA) is 52.0 Å². The Labute approximate surface area is 138 Å². The number of rotatable bonds is 3. The number of Topliss-reactive ketones (excluding diaryl/α,β-unsaturated/α-hetero) is 1. The average molecular weight is 471 g/mol. The molecule has 0 saturated carbocycles. The van der Waals surface area contributed by atoms with Crippen molar-refractivity contribution in [1.82, 2.24) is 9.55 Å². The van der Waals surface area contributed by atoms with Gasteiger partial charge in [-0.2, -0.15) is 0 Å². The maximum Gasteiger partial charge on any atom is 0.268 e. The van der Waals surface area contributed by atoms with Crippen LogP contribution >= 0.6 is 59.1 Å². The van der Waals surface area contributed by atoms with Crippen molar-refractivity contribution in [3.8, 4) is 0 Å². The maximum atomic E-state index is 12.1. The van der Waals surface area contributed by atoms with Gasteiger partial charge in [0.05, 0.1) is 26.1 Å². The Morgan fingerprint density at radius 1 is 1.42 bits per heavy atom. The van der Waals surface area contributed by atoms with Gasteiger partial charge in [-0.3, -0.25) is 14.2 Å². The summed E-state index contributed by atoms with van der Waals surface area (Å²) in [5.74, 6) is -0.145. The summed E-state index contributed by atoms with van der Waals surface area (Å²) >= 11 is 11.2. The quantitative estimate of drug-likeness (QED) is 0.641. The maximum absolute atomic E-state index is 12.1. The molecule has 0 aliphatic carbocycles. The minimum atomic E-state index is -0.258. The average Bonchev–Trinajstić information content (AvgIpc) is 2.69. The Morgan fingerprint density at radius 2 is 2.11 bits per heavy atom. The van der Waals surface area contributed by atoms with E-state index in [1.165, 1.54) is 22.2 Å². The lowest BCUT2D eigenvalue weighted by Gasteiger charge is -2.05. The SMILES string of the molecule is Cc1ncn(CC(=O)c2cc(Br)sc2Br)c(=O)c1Br. The molecule has 4 nitrogen and oxygen atoms in total. The first-order chi connectivity index (χ1) is 8.90. The fourth-order valence-corrected chi connectivity index (χ4v) is 4.61. The number of hydrogen-bond acceptors (Lipinski definition) is 4. The van der Waals surface area contributed by atoms with Crippen LogP contribution in [0.3, 0.4) is 0 Å². The second-order valence-corrected chi connectivity index (χ2v) is 8.28. The van der Waals surface area contributed by atoms with E-state index in [0.29, 0.717) is 15.7 Å². The van der Waals surface area contributed by atoms with Gasteiger partial charge in [0, 0.05) is 5.56 Å². The van der Waals surface area contributed by atoms with Crippen LogP contribution in [0.2, 0.25) is 0 Å². The van der Waals surface area contributed by atoms with E-state index in [9.17, 15) is 9.59 Å². The third-order valence-electron chi connectivity index (χ3n) is 2.43. The van der Waals surface area contributed by atoms with E-state index in [2.05, 4.69) is 52.8 Å². The van der Waals surface area contributed by atoms with Crippen LogP contribution in [0.15, 0.2) is 29.2 Å². The summed E-state index contributed by atoms with van der Waals surface area (Å²) in [5, 5.41) is 0. The van der Waals surface area contributed by atoms with Gasteiger partial charge in [0.15, 0.2) is 5.78 Å². The Morgan fingerprint density at radius 3 is 2.68 bits per heavy atom. The molecule has 0 aliphatic heterocycles. The van der Waals surface area contributed by atoms with Gasteiger partial charge < -0.3 is 0 Å². The molecule has 0 atom stereocenters. The Bertz CT molecular complexity index is 708. The highest BCUT2D eigenvalue weighted by Gasteiger charge is 2.15. The molecule has 0 fully saturated rings. The van der Waals surface area contributed by atoms with E-state index in [1.54, 1.807) is 13.0 Å². The molecule has 0 spiro atoms. The number of carbonyl (C=O) groups excluding carboxylic acids is 1. The second kappa shape index (κ2) is 5.99. The van der Waals surface area contributed by atoms with Gasteiger partial charge in [-0.25, -0.2) is 4.98 Å². The number of halogens is 3. The molecule has 8 heteroatoms. The molecule has 2 rings (SSSR count). The first-order valence-corrected chi connectivity index (χ1v) is 8.29. The van der Waals surface area contributed by atoms with Gasteiger partial charge in [0.2, 0.25) is 0 Å². The van der Waals surface area contributed by atoms with Crippen molar-refractivity contribution in [2.24, 2.45) is 0 Å². The largest absolute Gasteiger partial charge is 0.292 e. The molecule has 2 aromatic heterocycles. The smallest absolute Gasteiger partial charge is 0.268 e. The minimum Gasteiger partial charge on any atom is -0.292 e. The zero-order valence-electron chi connectivity index (χ0n) is 9.61. The van der Waals surface area contributed by atoms with Gasteiger partial charge in [-0.05, 0) is 60.8 Å². The molecule has 0 saturated heterocycles. The van der Waals surface area contributed by atoms with Crippen molar-refractivity contribution in [3.63, 3.8) is 0 Å². The second-order valence-electron chi connectivity index (χ2n) is 3.74. The first kappa shape index (κ1) is 15.1. The Balaban J connectivity index is 2.32. The molecule has 2 aromatic rings. The molecule has 0 bridgehead atoms. The van der Waals surface area contributed by atoms with Crippen LogP contribution in [0, 0.1) is 6.92 Å². The van der Waals surface area contributed by atoms with E-state index < -0.39 is 0 Å². The number of hydrogen-bond donors (Lipinski definition) is 0. The predicted molar refractivity (Wildman–Crippen MR) is 85.0 cm³/mol. The summed E-state index contributed by atoms with van der Waals surface area (Å²) in [7, 11) is 0. The first-order valence-electron chi connectivity index (χ1n) is 5.09. The lowest BCUT2D eigenvalue weighted by Crippen LogP contribution is -2.25. The fraction of sp³-hybridized carbons (Fsp3) is 0.182. The zero-order chi connectivity index (χ0) is 14.2. The van der Waals surface area contributed by atoms with Gasteiger partial charge >= 0.3 is 0 Å². The number of carbonyl (C=O) groups is 1. The van der Waals surface area contributed by atoms with E-state index in [0.717, 1.165) is 7.57 Å². The van der Waals surface area contributed by atoms with Crippen molar-refractivity contribution >= 4 is 64.9 Å². The third-order valence-corrected chi connectivity index (χ3v) is 5.68. The summed E-state index contributed by atoms with van der Waals surface area (Å²) < 4.78 is 3.28. The van der Waals surface area contributed by atoms with E-state index in [4.69, 9.17) is 0 Å². The normalized spacial score (nSPS) is 10.7. The number of aromatic nitrogens is 2. The minimum absolute atomic E-state index is 0.0352. The molecule has 0 aromatic carbocycles. The predicted octanol–water partition coefficient (Wildman–Crippen LogP) is 3.78.